The lowest BCUT2D eigenvalue weighted by Gasteiger charge is -2.44. The predicted octanol–water partition coefficient (Wildman–Crippen LogP) is 5.13. The van der Waals surface area contributed by atoms with E-state index in [4.69, 9.17) is 0 Å². The minimum atomic E-state index is -1.64. The molecule has 3 N–H and O–H groups in total. The number of nitrogens with one attached hydrogen (secondary N) is 2. The topological polar surface area (TPSA) is 95.5 Å². The number of rotatable bonds is 6. The average Bonchev–Trinajstić information content (AvgIpc) is 2.84. The van der Waals surface area contributed by atoms with Crippen molar-refractivity contribution in [3.8, 4) is 0 Å². The highest BCUT2D eigenvalue weighted by Crippen LogP contribution is 2.46. The van der Waals surface area contributed by atoms with Gasteiger partial charge in [-0.3, -0.25) is 14.4 Å². The standard InChI is InChI=1S/C30H32N2O4/c1-19(2)20-14-16-21(17-15-20)25-26(28(34)31-22-10-6-4-7-11-22)24(33)18-30(3,36)27(25)29(35)32-23-12-8-5-9-13-23/h4-17,19,25-27,36H,18H2,1-3H3,(H,31,34)(H,32,35)/t25-,26-,27+,30-/m1/s1. The maximum absolute atomic E-state index is 13.7. The molecule has 0 aromatic heterocycles. The summed E-state index contributed by atoms with van der Waals surface area (Å²) in [7, 11) is 0. The second-order valence-electron chi connectivity index (χ2n) is 10.0. The van der Waals surface area contributed by atoms with Gasteiger partial charge in [-0.1, -0.05) is 74.5 Å². The zero-order valence-corrected chi connectivity index (χ0v) is 20.8. The van der Waals surface area contributed by atoms with Crippen LogP contribution in [0.3, 0.4) is 0 Å². The third-order valence-corrected chi connectivity index (χ3v) is 6.90. The van der Waals surface area contributed by atoms with Crippen molar-refractivity contribution in [2.75, 3.05) is 10.6 Å². The van der Waals surface area contributed by atoms with E-state index in [2.05, 4.69) is 24.5 Å². The van der Waals surface area contributed by atoms with Crippen molar-refractivity contribution < 1.29 is 19.5 Å². The van der Waals surface area contributed by atoms with Crippen molar-refractivity contribution in [3.05, 3.63) is 96.1 Å². The zero-order valence-electron chi connectivity index (χ0n) is 20.8. The highest BCUT2D eigenvalue weighted by molar-refractivity contribution is 6.10. The molecule has 3 aromatic carbocycles. The third-order valence-electron chi connectivity index (χ3n) is 6.90. The van der Waals surface area contributed by atoms with Gasteiger partial charge in [0.2, 0.25) is 11.8 Å². The van der Waals surface area contributed by atoms with Crippen LogP contribution in [0.1, 0.15) is 50.2 Å². The molecular weight excluding hydrogens is 452 g/mol. The summed E-state index contributed by atoms with van der Waals surface area (Å²) in [6.45, 7) is 5.66. The number of amides is 2. The predicted molar refractivity (Wildman–Crippen MR) is 141 cm³/mol. The molecule has 3 aromatic rings. The number of Topliss-reactive ketones (excluding diaryl/α,β-unsaturated/α-hetero) is 1. The first-order valence-corrected chi connectivity index (χ1v) is 12.2. The number of hydrogen-bond donors (Lipinski definition) is 3. The molecular formula is C30H32N2O4. The van der Waals surface area contributed by atoms with Crippen molar-refractivity contribution in [3.63, 3.8) is 0 Å². The molecule has 4 rings (SSSR count). The molecule has 1 fully saturated rings. The van der Waals surface area contributed by atoms with Crippen molar-refractivity contribution in [1.82, 2.24) is 0 Å². The Morgan fingerprint density at radius 1 is 0.833 bits per heavy atom. The number of carbonyl (C=O) groups is 3. The fourth-order valence-electron chi connectivity index (χ4n) is 5.08. The molecule has 1 aliphatic rings. The Hall–Kier alpha value is -3.77. The number of anilines is 2. The van der Waals surface area contributed by atoms with Gasteiger partial charge >= 0.3 is 0 Å². The maximum Gasteiger partial charge on any atom is 0.235 e. The molecule has 0 spiro atoms. The fraction of sp³-hybridized carbons (Fsp3) is 0.300. The highest BCUT2D eigenvalue weighted by atomic mass is 16.3. The Bertz CT molecular complexity index is 1220. The Balaban J connectivity index is 1.77. The lowest BCUT2D eigenvalue weighted by atomic mass is 9.61. The third kappa shape index (κ3) is 5.39. The van der Waals surface area contributed by atoms with E-state index >= 15 is 0 Å². The van der Waals surface area contributed by atoms with Crippen LogP contribution in [0.2, 0.25) is 0 Å². The van der Waals surface area contributed by atoms with E-state index in [0.717, 1.165) is 5.56 Å². The van der Waals surface area contributed by atoms with Crippen molar-refractivity contribution in [2.24, 2.45) is 11.8 Å². The molecule has 6 nitrogen and oxygen atoms in total. The Labute approximate surface area is 211 Å². The molecule has 1 saturated carbocycles. The molecule has 0 bridgehead atoms. The summed E-state index contributed by atoms with van der Waals surface area (Å²) in [4.78, 5) is 40.6. The summed E-state index contributed by atoms with van der Waals surface area (Å²) in [5, 5.41) is 17.1. The van der Waals surface area contributed by atoms with Gasteiger partial charge < -0.3 is 15.7 Å². The first-order valence-electron chi connectivity index (χ1n) is 12.2. The van der Waals surface area contributed by atoms with E-state index in [1.807, 2.05) is 36.4 Å². The lowest BCUT2D eigenvalue weighted by molar-refractivity contribution is -0.150. The molecule has 0 unspecified atom stereocenters. The quantitative estimate of drug-likeness (QED) is 0.423. The van der Waals surface area contributed by atoms with Crippen LogP contribution in [-0.4, -0.2) is 28.3 Å². The molecule has 2 amide bonds. The first kappa shape index (κ1) is 25.3. The summed E-state index contributed by atoms with van der Waals surface area (Å²) in [5.41, 5.74) is 1.26. The minimum absolute atomic E-state index is 0.296. The van der Waals surface area contributed by atoms with Crippen LogP contribution in [0.15, 0.2) is 84.9 Å². The molecule has 186 valence electrons. The van der Waals surface area contributed by atoms with Crippen molar-refractivity contribution >= 4 is 29.0 Å². The summed E-state index contributed by atoms with van der Waals surface area (Å²) in [6.07, 6.45) is -0.298. The lowest BCUT2D eigenvalue weighted by Crippen LogP contribution is -2.56. The van der Waals surface area contributed by atoms with Gasteiger partial charge in [0.15, 0.2) is 0 Å². The summed E-state index contributed by atoms with van der Waals surface area (Å²) >= 11 is 0. The molecule has 0 aliphatic heterocycles. The number of para-hydroxylation sites is 2. The Morgan fingerprint density at radius 2 is 1.33 bits per heavy atom. The van der Waals surface area contributed by atoms with E-state index in [0.29, 0.717) is 22.9 Å². The molecule has 36 heavy (non-hydrogen) atoms. The summed E-state index contributed by atoms with van der Waals surface area (Å²) in [6, 6.07) is 25.5. The van der Waals surface area contributed by atoms with Gasteiger partial charge in [0.05, 0.1) is 11.5 Å². The maximum atomic E-state index is 13.7. The van der Waals surface area contributed by atoms with E-state index < -0.39 is 41.0 Å². The normalized spacial score (nSPS) is 23.8. The van der Waals surface area contributed by atoms with Crippen LogP contribution in [0, 0.1) is 11.8 Å². The first-order chi connectivity index (χ1) is 17.2. The average molecular weight is 485 g/mol. The SMILES string of the molecule is CC(C)c1ccc([C@@H]2[C@H](C(=O)Nc3ccccc3)C(=O)C[C@@](C)(O)[C@@H]2C(=O)Nc2ccccc2)cc1. The van der Waals surface area contributed by atoms with Gasteiger partial charge in [0.25, 0.3) is 0 Å². The van der Waals surface area contributed by atoms with E-state index in [1.54, 1.807) is 48.5 Å². The second-order valence-corrected chi connectivity index (χ2v) is 10.0. The van der Waals surface area contributed by atoms with E-state index in [1.165, 1.54) is 6.92 Å². The molecule has 0 heterocycles. The number of hydrogen-bond acceptors (Lipinski definition) is 4. The smallest absolute Gasteiger partial charge is 0.235 e. The van der Waals surface area contributed by atoms with Crippen molar-refractivity contribution in [2.45, 2.75) is 44.6 Å². The Morgan fingerprint density at radius 3 is 1.83 bits per heavy atom. The van der Waals surface area contributed by atoms with E-state index in [-0.39, 0.29) is 6.42 Å². The molecule has 4 atom stereocenters. The molecule has 1 aliphatic carbocycles. The largest absolute Gasteiger partial charge is 0.389 e. The molecule has 6 heteroatoms. The van der Waals surface area contributed by atoms with Crippen LogP contribution in [0.25, 0.3) is 0 Å². The molecule has 0 saturated heterocycles. The van der Waals surface area contributed by atoms with Crippen LogP contribution in [-0.2, 0) is 14.4 Å². The van der Waals surface area contributed by atoms with Gasteiger partial charge in [-0.05, 0) is 48.2 Å². The summed E-state index contributed by atoms with van der Waals surface area (Å²) in [5.74, 6) is -4.05. The van der Waals surface area contributed by atoms with Crippen LogP contribution >= 0.6 is 0 Å². The highest BCUT2D eigenvalue weighted by Gasteiger charge is 2.55. The number of carbonyl (C=O) groups excluding carboxylic acids is 3. The van der Waals surface area contributed by atoms with Gasteiger partial charge in [0.1, 0.15) is 11.7 Å². The van der Waals surface area contributed by atoms with Crippen LogP contribution in [0.5, 0.6) is 0 Å². The van der Waals surface area contributed by atoms with Crippen molar-refractivity contribution in [1.29, 1.82) is 0 Å². The van der Waals surface area contributed by atoms with Gasteiger partial charge in [-0.2, -0.15) is 0 Å². The van der Waals surface area contributed by atoms with Gasteiger partial charge in [-0.15, -0.1) is 0 Å². The molecule has 0 radical (unpaired) electrons. The second kappa shape index (κ2) is 10.5. The number of benzene rings is 3. The number of aliphatic hydroxyl groups is 1. The summed E-state index contributed by atoms with van der Waals surface area (Å²) < 4.78 is 0. The van der Waals surface area contributed by atoms with E-state index in [9.17, 15) is 19.5 Å². The van der Waals surface area contributed by atoms with Crippen LogP contribution in [0.4, 0.5) is 11.4 Å². The Kier molecular flexibility index (Phi) is 7.36. The van der Waals surface area contributed by atoms with Gasteiger partial charge in [-0.25, -0.2) is 0 Å². The minimum Gasteiger partial charge on any atom is -0.389 e. The monoisotopic (exact) mass is 484 g/mol. The fourth-order valence-corrected chi connectivity index (χ4v) is 5.08. The van der Waals surface area contributed by atoms with Gasteiger partial charge in [0, 0.05) is 23.7 Å². The number of ketones is 1. The zero-order chi connectivity index (χ0) is 25.9. The van der Waals surface area contributed by atoms with Crippen LogP contribution < -0.4 is 10.6 Å².